The van der Waals surface area contributed by atoms with Crippen LogP contribution < -0.4 is 10.6 Å². The first-order valence-corrected chi connectivity index (χ1v) is 22.9. The van der Waals surface area contributed by atoms with Crippen molar-refractivity contribution in [1.82, 2.24) is 10.6 Å². The lowest BCUT2D eigenvalue weighted by Crippen LogP contribution is -2.71. The van der Waals surface area contributed by atoms with Crippen LogP contribution in [0.1, 0.15) is 20.8 Å². The van der Waals surface area contributed by atoms with Crippen LogP contribution in [0.3, 0.4) is 0 Å². The van der Waals surface area contributed by atoms with Gasteiger partial charge in [0.15, 0.2) is 31.5 Å². The smallest absolute Gasteiger partial charge is 0.217 e. The maximum absolute atomic E-state index is 13.0. The van der Waals surface area contributed by atoms with Crippen LogP contribution in [0.2, 0.25) is 0 Å². The second-order valence-corrected chi connectivity index (χ2v) is 18.0. The minimum Gasteiger partial charge on any atom is -0.394 e. The Kier molecular flexibility index (Phi) is 22.5. The number of rotatable bonds is 21. The van der Waals surface area contributed by atoms with E-state index in [9.17, 15) is 102 Å². The van der Waals surface area contributed by atoms with Crippen molar-refractivity contribution < 1.29 is 149 Å². The van der Waals surface area contributed by atoms with Crippen molar-refractivity contribution in [3.8, 4) is 0 Å². The Morgan fingerprint density at radius 3 is 1.49 bits per heavy atom. The molecular formula is C40H70N2O30. The average molecular weight is 1060 g/mol. The van der Waals surface area contributed by atoms with E-state index in [0.717, 1.165) is 13.8 Å². The molecule has 20 N–H and O–H groups in total. The molecule has 5 saturated heterocycles. The van der Waals surface area contributed by atoms with E-state index in [-0.39, 0.29) is 0 Å². The number of aliphatic hydroxyl groups excluding tert-OH is 18. The van der Waals surface area contributed by atoms with Gasteiger partial charge in [0, 0.05) is 13.8 Å². The van der Waals surface area contributed by atoms with Crippen molar-refractivity contribution in [2.75, 3.05) is 39.6 Å². The summed E-state index contributed by atoms with van der Waals surface area (Å²) in [7, 11) is 0. The molecule has 0 radical (unpaired) electrons. The van der Waals surface area contributed by atoms with Gasteiger partial charge < -0.3 is 150 Å². The zero-order valence-corrected chi connectivity index (χ0v) is 38.9. The van der Waals surface area contributed by atoms with Gasteiger partial charge in [0.25, 0.3) is 0 Å². The van der Waals surface area contributed by atoms with Crippen LogP contribution in [0, 0.1) is 0 Å². The van der Waals surface area contributed by atoms with Gasteiger partial charge in [0.2, 0.25) is 11.8 Å². The van der Waals surface area contributed by atoms with Crippen LogP contribution in [0.5, 0.6) is 0 Å². The molecule has 32 heteroatoms. The Hall–Kier alpha value is -2.18. The van der Waals surface area contributed by atoms with E-state index in [4.69, 9.17) is 47.4 Å². The fourth-order valence-electron chi connectivity index (χ4n) is 8.83. The molecule has 2 amide bonds. The molecule has 0 unspecified atom stereocenters. The highest BCUT2D eigenvalue weighted by Gasteiger charge is 2.58. The first-order chi connectivity index (χ1) is 34.0. The molecule has 5 aliphatic heterocycles. The van der Waals surface area contributed by atoms with Crippen LogP contribution in [-0.4, -0.2) is 321 Å². The first kappa shape index (κ1) is 60.7. The SMILES string of the molecule is CC(=O)N[C@H]1[C@H](O[C@@H]2[C@@H](O[C@@H]3[C@H](O)[C@H](O[C@@H]([C@H](O)[C@H](CO)NC(C)=O)[C@H](O)CO)O[C@H](CO)[C@H]3O)O[C@H](CO)[C@@H](O)[C@@H]2O)O[C@H](CO)[C@@H](O[C@@H]2O[C@H](CO)[C@H](O)[C@H](O)[C@H]2O)[C@@H]1O[C@@H]1O[C@@H](C)[C@@H](O)[C@@H](O)[C@@H]1O. The van der Waals surface area contributed by atoms with Gasteiger partial charge in [0.05, 0.1) is 51.8 Å². The molecule has 0 aromatic rings. The number of nitrogens with one attached hydrogen (secondary N) is 2. The van der Waals surface area contributed by atoms with Crippen molar-refractivity contribution in [3.05, 3.63) is 0 Å². The molecule has 5 heterocycles. The summed E-state index contributed by atoms with van der Waals surface area (Å²) in [5, 5.41) is 197. The molecule has 0 aromatic heterocycles. The Balaban J connectivity index is 1.53. The predicted octanol–water partition coefficient (Wildman–Crippen LogP) is -13.1. The standard InChI is InChI=1S/C40H70N2O30/c1-10-20(52)25(57)28(60)37(63-10)70-33-19(42-12(3)50)36(67-18(9-48)32(33)69-38-29(61)26(58)22(54)15(6-45)64-38)72-35-27(59)23(55)16(7-46)66-40(35)71-34-24(56)17(8-47)65-39(30(34)62)68-31(14(51)5-44)21(53)13(4-43)41-11(2)49/h10,13-40,43-48,51-62H,4-9H2,1-3H3,(H,41,49)(H,42,50)/t10-,13-,14+,15+,16+,17+,18+,19+,20+,21+,22-,23+,24+,25+,26-,27-,28-,29+,30-,31+,32+,33+,34-,35-,36-,37-,38-,39-,40+/m0/s1. The normalized spacial score (nSPS) is 45.7. The third-order valence-electron chi connectivity index (χ3n) is 12.9. The van der Waals surface area contributed by atoms with Gasteiger partial charge in [-0.25, -0.2) is 0 Å². The van der Waals surface area contributed by atoms with Crippen molar-refractivity contribution in [2.45, 2.75) is 199 Å². The first-order valence-electron chi connectivity index (χ1n) is 22.9. The maximum Gasteiger partial charge on any atom is 0.217 e. The molecular weight excluding hydrogens is 988 g/mol. The number of aliphatic hydroxyl groups is 18. The third-order valence-corrected chi connectivity index (χ3v) is 12.9. The van der Waals surface area contributed by atoms with Gasteiger partial charge in [0.1, 0.15) is 134 Å². The van der Waals surface area contributed by atoms with Crippen LogP contribution in [0.15, 0.2) is 0 Å². The second-order valence-electron chi connectivity index (χ2n) is 18.0. The molecule has 32 nitrogen and oxygen atoms in total. The highest BCUT2D eigenvalue weighted by atomic mass is 16.8. The Morgan fingerprint density at radius 2 is 0.944 bits per heavy atom. The number of amides is 2. The molecule has 72 heavy (non-hydrogen) atoms. The van der Waals surface area contributed by atoms with E-state index in [1.165, 1.54) is 6.92 Å². The summed E-state index contributed by atoms with van der Waals surface area (Å²) >= 11 is 0. The number of carbonyl (C=O) groups excluding carboxylic acids is 2. The summed E-state index contributed by atoms with van der Waals surface area (Å²) in [6, 6.07) is -3.41. The molecule has 0 aliphatic carbocycles. The van der Waals surface area contributed by atoms with E-state index in [0.29, 0.717) is 0 Å². The summed E-state index contributed by atoms with van der Waals surface area (Å²) in [5.74, 6) is -1.66. The lowest BCUT2D eigenvalue weighted by Gasteiger charge is -2.52. The molecule has 420 valence electrons. The zero-order chi connectivity index (χ0) is 53.6. The predicted molar refractivity (Wildman–Crippen MR) is 223 cm³/mol. The maximum atomic E-state index is 13.0. The lowest BCUT2D eigenvalue weighted by atomic mass is 9.93. The molecule has 0 spiro atoms. The molecule has 0 bridgehead atoms. The van der Waals surface area contributed by atoms with Crippen molar-refractivity contribution in [1.29, 1.82) is 0 Å². The molecule has 0 aromatic carbocycles. The van der Waals surface area contributed by atoms with Crippen LogP contribution in [0.25, 0.3) is 0 Å². The molecule has 5 rings (SSSR count). The third kappa shape index (κ3) is 13.5. The van der Waals surface area contributed by atoms with Gasteiger partial charge in [-0.3, -0.25) is 9.59 Å². The summed E-state index contributed by atoms with van der Waals surface area (Å²) in [6.45, 7) is -2.87. The highest BCUT2D eigenvalue weighted by molar-refractivity contribution is 5.73. The average Bonchev–Trinajstić information content (AvgIpc) is 3.35. The molecule has 29 atom stereocenters. The second kappa shape index (κ2) is 26.7. The van der Waals surface area contributed by atoms with E-state index < -0.39 is 229 Å². The number of carbonyl (C=O) groups is 2. The highest BCUT2D eigenvalue weighted by Crippen LogP contribution is 2.37. The number of hydrogen-bond donors (Lipinski definition) is 20. The summed E-state index contributed by atoms with van der Waals surface area (Å²) in [5.41, 5.74) is 0. The molecule has 5 aliphatic rings. The van der Waals surface area contributed by atoms with Crippen molar-refractivity contribution >= 4 is 11.8 Å². The fourth-order valence-corrected chi connectivity index (χ4v) is 8.83. The van der Waals surface area contributed by atoms with Gasteiger partial charge in [-0.2, -0.15) is 0 Å². The minimum atomic E-state index is -2.29. The van der Waals surface area contributed by atoms with Crippen molar-refractivity contribution in [2.24, 2.45) is 0 Å². The quantitative estimate of drug-likeness (QED) is 0.0507. The molecule has 0 saturated carbocycles. The number of ether oxygens (including phenoxy) is 10. The summed E-state index contributed by atoms with van der Waals surface area (Å²) < 4.78 is 58.4. The van der Waals surface area contributed by atoms with Gasteiger partial charge in [-0.1, -0.05) is 0 Å². The van der Waals surface area contributed by atoms with Crippen LogP contribution in [0.4, 0.5) is 0 Å². The van der Waals surface area contributed by atoms with Gasteiger partial charge >= 0.3 is 0 Å². The van der Waals surface area contributed by atoms with E-state index >= 15 is 0 Å². The number of hydrogen-bond acceptors (Lipinski definition) is 30. The van der Waals surface area contributed by atoms with E-state index in [1.807, 2.05) is 0 Å². The lowest BCUT2D eigenvalue weighted by molar-refractivity contribution is -0.399. The Bertz CT molecular complexity index is 1680. The Labute approximate surface area is 409 Å². The van der Waals surface area contributed by atoms with E-state index in [2.05, 4.69) is 10.6 Å². The largest absolute Gasteiger partial charge is 0.394 e. The molecule has 5 fully saturated rings. The summed E-state index contributed by atoms with van der Waals surface area (Å²) in [4.78, 5) is 24.8. The van der Waals surface area contributed by atoms with Crippen molar-refractivity contribution in [3.63, 3.8) is 0 Å². The monoisotopic (exact) mass is 1060 g/mol. The van der Waals surface area contributed by atoms with Gasteiger partial charge in [-0.05, 0) is 6.92 Å². The van der Waals surface area contributed by atoms with E-state index in [1.54, 1.807) is 0 Å². The summed E-state index contributed by atoms with van der Waals surface area (Å²) in [6.07, 6.45) is -53.0. The van der Waals surface area contributed by atoms with Gasteiger partial charge in [-0.15, -0.1) is 0 Å². The topological polar surface area (TPSA) is 515 Å². The fraction of sp³-hybridized carbons (Fsp3) is 0.950. The minimum absolute atomic E-state index is 0.751. The van der Waals surface area contributed by atoms with Crippen LogP contribution in [-0.2, 0) is 57.0 Å². The Morgan fingerprint density at radius 1 is 0.472 bits per heavy atom. The van der Waals surface area contributed by atoms with Crippen LogP contribution >= 0.6 is 0 Å². The zero-order valence-electron chi connectivity index (χ0n) is 38.9.